The number of hydrogen-bond acceptors (Lipinski definition) is 7. The highest BCUT2D eigenvalue weighted by atomic mass is 31.2. The van der Waals surface area contributed by atoms with Crippen molar-refractivity contribution in [2.75, 3.05) is 47.5 Å². The Labute approximate surface area is 489 Å². The predicted octanol–water partition coefficient (Wildman–Crippen LogP) is 21.2. The normalized spacial score (nSPS) is 13.6. The van der Waals surface area contributed by atoms with Crippen molar-refractivity contribution in [3.05, 3.63) is 72.9 Å². The lowest BCUT2D eigenvalue weighted by atomic mass is 10.0. The number of esters is 2. The van der Waals surface area contributed by atoms with Gasteiger partial charge in [-0.05, 0) is 83.5 Å². The number of quaternary nitrogens is 1. The minimum absolute atomic E-state index is 0.0315. The van der Waals surface area contributed by atoms with Gasteiger partial charge in [-0.3, -0.25) is 18.6 Å². The minimum atomic E-state index is -4.39. The second-order valence-corrected chi connectivity index (χ2v) is 24.9. The van der Waals surface area contributed by atoms with E-state index in [0.29, 0.717) is 17.4 Å². The van der Waals surface area contributed by atoms with E-state index in [2.05, 4.69) is 86.8 Å². The van der Waals surface area contributed by atoms with Crippen molar-refractivity contribution >= 4 is 19.8 Å². The van der Waals surface area contributed by atoms with Crippen molar-refractivity contribution in [1.82, 2.24) is 0 Å². The molecule has 0 rings (SSSR count). The van der Waals surface area contributed by atoms with Gasteiger partial charge < -0.3 is 18.9 Å². The second kappa shape index (κ2) is 60.1. The fourth-order valence-corrected chi connectivity index (χ4v) is 10.1. The molecule has 0 bridgehead atoms. The molecule has 0 fully saturated rings. The van der Waals surface area contributed by atoms with Gasteiger partial charge >= 0.3 is 19.8 Å². The number of rotatable bonds is 61. The molecule has 0 aromatic heterocycles. The Morgan fingerprint density at radius 1 is 0.405 bits per heavy atom. The molecule has 0 aromatic rings. The lowest BCUT2D eigenvalue weighted by molar-refractivity contribution is -0.870. The molecule has 0 heterocycles. The van der Waals surface area contributed by atoms with E-state index in [-0.39, 0.29) is 32.0 Å². The zero-order valence-corrected chi connectivity index (χ0v) is 53.2. The molecule has 0 saturated carbocycles. The molecule has 10 heteroatoms. The Kier molecular flexibility index (Phi) is 58.1. The van der Waals surface area contributed by atoms with Gasteiger partial charge in [-0.1, -0.05) is 279 Å². The number of likely N-dealkylation sites (N-methyl/N-ethyl adjacent to an activating group) is 1. The van der Waals surface area contributed by atoms with Crippen molar-refractivity contribution in [3.8, 4) is 0 Å². The minimum Gasteiger partial charge on any atom is -0.462 e. The van der Waals surface area contributed by atoms with Crippen LogP contribution in [0, 0.1) is 0 Å². The van der Waals surface area contributed by atoms with Crippen LogP contribution in [0.4, 0.5) is 0 Å². The topological polar surface area (TPSA) is 108 Å². The molecule has 0 aliphatic rings. The van der Waals surface area contributed by atoms with Gasteiger partial charge in [0.25, 0.3) is 0 Å². The third-order valence-corrected chi connectivity index (χ3v) is 15.5. The largest absolute Gasteiger partial charge is 0.472 e. The summed E-state index contributed by atoms with van der Waals surface area (Å²) in [6.45, 7) is 4.35. The third kappa shape index (κ3) is 64.5. The molecule has 1 N–H and O–H groups in total. The number of phosphoric acid groups is 1. The summed E-state index contributed by atoms with van der Waals surface area (Å²) in [5.41, 5.74) is 0. The van der Waals surface area contributed by atoms with Gasteiger partial charge in [-0.15, -0.1) is 0 Å². The van der Waals surface area contributed by atoms with Crippen LogP contribution in [0.15, 0.2) is 72.9 Å². The summed E-state index contributed by atoms with van der Waals surface area (Å²) in [6, 6.07) is 0. The Hall–Kier alpha value is -2.55. The highest BCUT2D eigenvalue weighted by Gasteiger charge is 2.27. The Morgan fingerprint density at radius 2 is 0.722 bits per heavy atom. The summed E-state index contributed by atoms with van der Waals surface area (Å²) < 4.78 is 34.6. The number of hydrogen-bond donors (Lipinski definition) is 1. The molecule has 0 aliphatic heterocycles. The van der Waals surface area contributed by atoms with Gasteiger partial charge in [0.1, 0.15) is 19.8 Å². The van der Waals surface area contributed by atoms with Crippen molar-refractivity contribution < 1.29 is 42.1 Å². The number of unbranched alkanes of at least 4 members (excludes halogenated alkanes) is 35. The number of ether oxygens (including phenoxy) is 2. The number of allylic oxidation sites excluding steroid dienone is 12. The lowest BCUT2D eigenvalue weighted by Crippen LogP contribution is -2.37. The van der Waals surface area contributed by atoms with Gasteiger partial charge in [0.15, 0.2) is 6.10 Å². The molecule has 0 saturated heterocycles. The first-order valence-corrected chi connectivity index (χ1v) is 34.7. The van der Waals surface area contributed by atoms with E-state index in [1.165, 1.54) is 205 Å². The predicted molar refractivity (Wildman–Crippen MR) is 339 cm³/mol. The van der Waals surface area contributed by atoms with Crippen molar-refractivity contribution in [3.63, 3.8) is 0 Å². The molecule has 0 amide bonds. The summed E-state index contributed by atoms with van der Waals surface area (Å²) in [6.07, 6.45) is 80.0. The van der Waals surface area contributed by atoms with Crippen molar-refractivity contribution in [2.24, 2.45) is 0 Å². The number of nitrogens with zero attached hydrogens (tertiary/aromatic N) is 1. The first kappa shape index (κ1) is 76.5. The van der Waals surface area contributed by atoms with Gasteiger partial charge in [-0.25, -0.2) is 4.57 Å². The molecule has 9 nitrogen and oxygen atoms in total. The lowest BCUT2D eigenvalue weighted by Gasteiger charge is -2.24. The van der Waals surface area contributed by atoms with Crippen LogP contribution in [0.25, 0.3) is 0 Å². The van der Waals surface area contributed by atoms with Crippen LogP contribution in [0.3, 0.4) is 0 Å². The zero-order valence-electron chi connectivity index (χ0n) is 52.4. The second-order valence-electron chi connectivity index (χ2n) is 23.5. The Bertz CT molecular complexity index is 1560. The van der Waals surface area contributed by atoms with E-state index in [1.54, 1.807) is 0 Å². The molecule has 2 atom stereocenters. The van der Waals surface area contributed by atoms with E-state index in [1.807, 2.05) is 21.1 Å². The van der Waals surface area contributed by atoms with Crippen LogP contribution in [-0.4, -0.2) is 74.9 Å². The maximum Gasteiger partial charge on any atom is 0.472 e. The summed E-state index contributed by atoms with van der Waals surface area (Å²) in [7, 11) is 1.48. The van der Waals surface area contributed by atoms with E-state index in [0.717, 1.165) is 64.2 Å². The van der Waals surface area contributed by atoms with Gasteiger partial charge in [0.2, 0.25) is 0 Å². The van der Waals surface area contributed by atoms with Crippen molar-refractivity contribution in [2.45, 2.75) is 309 Å². The fraction of sp³-hybridized carbons (Fsp3) is 0.797. The fourth-order valence-electron chi connectivity index (χ4n) is 9.39. The zero-order chi connectivity index (χ0) is 57.7. The quantitative estimate of drug-likeness (QED) is 0.0211. The van der Waals surface area contributed by atoms with Crippen LogP contribution in [0.1, 0.15) is 303 Å². The van der Waals surface area contributed by atoms with Gasteiger partial charge in [0, 0.05) is 12.8 Å². The highest BCUT2D eigenvalue weighted by Crippen LogP contribution is 2.43. The Balaban J connectivity index is 3.98. The SMILES string of the molecule is CC/C=C\C/C=C\C/C=C\C/C=C\C/C=C\CCCCCCCCCCCCCCCCCCCCCCCC(=O)OC(COC(=O)CCCCCCCCC/C=C\CCCCCCCCC)COP(=O)(O)OCC[N+](C)(C)C. The average Bonchev–Trinajstić information content (AvgIpc) is 3.41. The molecule has 79 heavy (non-hydrogen) atoms. The number of phosphoric ester groups is 1. The van der Waals surface area contributed by atoms with Gasteiger partial charge in [-0.2, -0.15) is 0 Å². The van der Waals surface area contributed by atoms with Gasteiger partial charge in [0.05, 0.1) is 27.7 Å². The monoisotopic (exact) mass is 1130 g/mol. The first-order chi connectivity index (χ1) is 38.5. The molecule has 460 valence electrons. The molecular weight excluding hydrogens is 1000 g/mol. The third-order valence-electron chi connectivity index (χ3n) is 14.5. The molecule has 0 spiro atoms. The molecular formula is C69H127NO8P+. The molecule has 0 aromatic carbocycles. The van der Waals surface area contributed by atoms with Crippen LogP contribution in [0.2, 0.25) is 0 Å². The maximum atomic E-state index is 12.9. The maximum absolute atomic E-state index is 12.9. The summed E-state index contributed by atoms with van der Waals surface area (Å²) in [4.78, 5) is 35.8. The van der Waals surface area contributed by atoms with E-state index in [9.17, 15) is 19.0 Å². The summed E-state index contributed by atoms with van der Waals surface area (Å²) in [5.74, 6) is -0.790. The van der Waals surface area contributed by atoms with Crippen LogP contribution in [0.5, 0.6) is 0 Å². The summed E-state index contributed by atoms with van der Waals surface area (Å²) in [5, 5.41) is 0. The standard InChI is InChI=1S/C69H126NO8P/c1-6-8-10-12-14-16-18-20-22-24-26-27-28-29-30-31-32-33-34-35-36-37-38-39-40-41-42-43-44-46-48-50-52-54-56-58-60-62-69(72)78-67(66-77-79(73,74)76-64-63-70(3,4)5)65-75-68(71)61-59-57-55-53-51-49-47-45-25-23-21-19-17-15-13-11-9-7-2/h8,10,14,16,20,22-23,25-27,29-30,67H,6-7,9,11-13,15,17-19,21,24,28,31-66H2,1-5H3/p+1/b10-8-,16-14-,22-20-,25-23-,27-26-,30-29-. The first-order valence-electron chi connectivity index (χ1n) is 33.2. The average molecular weight is 1130 g/mol. The Morgan fingerprint density at radius 3 is 1.09 bits per heavy atom. The highest BCUT2D eigenvalue weighted by molar-refractivity contribution is 7.47. The molecule has 0 radical (unpaired) electrons. The number of carbonyl (C=O) groups excluding carboxylic acids is 2. The van der Waals surface area contributed by atoms with E-state index >= 15 is 0 Å². The van der Waals surface area contributed by atoms with Crippen LogP contribution in [-0.2, 0) is 32.7 Å². The van der Waals surface area contributed by atoms with E-state index < -0.39 is 26.5 Å². The van der Waals surface area contributed by atoms with Crippen molar-refractivity contribution in [1.29, 1.82) is 0 Å². The molecule has 0 aliphatic carbocycles. The summed E-state index contributed by atoms with van der Waals surface area (Å²) >= 11 is 0. The molecule has 2 unspecified atom stereocenters. The smallest absolute Gasteiger partial charge is 0.462 e. The number of carbonyl (C=O) groups is 2. The van der Waals surface area contributed by atoms with Crippen LogP contribution >= 0.6 is 7.82 Å². The van der Waals surface area contributed by atoms with E-state index in [4.69, 9.17) is 18.5 Å². The van der Waals surface area contributed by atoms with Crippen LogP contribution < -0.4 is 0 Å².